The summed E-state index contributed by atoms with van der Waals surface area (Å²) >= 11 is 2.06. The molecule has 1 aromatic carbocycles. The van der Waals surface area contributed by atoms with Crippen molar-refractivity contribution in [3.8, 4) is 11.5 Å². The Kier molecular flexibility index (Phi) is 7.82. The van der Waals surface area contributed by atoms with E-state index in [-0.39, 0.29) is 29.8 Å². The number of rotatable bonds is 8. The SMILES string of the molecule is CCC(c1ccc(OCc2ccc(C(F)(F)F)nc2)c(OC)c1)N1C=C(I)C=C([N+](=O)[O-])C1. The zero-order valence-corrected chi connectivity index (χ0v) is 20.0. The number of halogens is 4. The lowest BCUT2D eigenvalue weighted by Crippen LogP contribution is -2.29. The molecule has 1 aromatic heterocycles. The van der Waals surface area contributed by atoms with Crippen LogP contribution < -0.4 is 9.47 Å². The second-order valence-corrected chi connectivity index (χ2v) is 8.50. The van der Waals surface area contributed by atoms with E-state index in [9.17, 15) is 23.3 Å². The molecule has 0 saturated carbocycles. The highest BCUT2D eigenvalue weighted by Crippen LogP contribution is 2.36. The van der Waals surface area contributed by atoms with E-state index in [1.54, 1.807) is 18.2 Å². The van der Waals surface area contributed by atoms with Gasteiger partial charge in [0.25, 0.3) is 5.70 Å². The standard InChI is InChI=1S/C22H21F3IN3O4/c1-3-18(28-11-16(26)9-17(12-28)29(30)31)15-5-6-19(20(8-15)32-2)33-13-14-4-7-21(27-10-14)22(23,24)25/h4-11,18H,3,12-13H2,1-2H3. The molecule has 1 unspecified atom stereocenters. The number of alkyl halides is 3. The minimum atomic E-state index is -4.49. The van der Waals surface area contributed by atoms with Gasteiger partial charge in [-0.05, 0) is 52.8 Å². The third-order valence-electron chi connectivity index (χ3n) is 5.04. The number of pyridine rings is 1. The predicted molar refractivity (Wildman–Crippen MR) is 123 cm³/mol. The van der Waals surface area contributed by atoms with Gasteiger partial charge in [0.15, 0.2) is 11.5 Å². The number of nitro groups is 1. The van der Waals surface area contributed by atoms with Crippen molar-refractivity contribution in [2.45, 2.75) is 32.2 Å². The Balaban J connectivity index is 1.76. The maximum atomic E-state index is 12.7. The van der Waals surface area contributed by atoms with Crippen LogP contribution in [0.15, 0.2) is 58.1 Å². The number of hydrogen-bond acceptors (Lipinski definition) is 6. The van der Waals surface area contributed by atoms with Gasteiger partial charge in [-0.3, -0.25) is 15.1 Å². The van der Waals surface area contributed by atoms with Crippen molar-refractivity contribution in [2.24, 2.45) is 0 Å². The molecule has 0 N–H and O–H groups in total. The highest BCUT2D eigenvalue weighted by molar-refractivity contribution is 14.1. The molecular weight excluding hydrogens is 554 g/mol. The molecule has 0 amide bonds. The van der Waals surface area contributed by atoms with Crippen LogP contribution in [0.3, 0.4) is 0 Å². The fraction of sp³-hybridized carbons (Fsp3) is 0.318. The van der Waals surface area contributed by atoms with E-state index in [4.69, 9.17) is 9.47 Å². The average molecular weight is 575 g/mol. The zero-order chi connectivity index (χ0) is 24.2. The molecule has 0 spiro atoms. The van der Waals surface area contributed by atoms with Gasteiger partial charge in [-0.15, -0.1) is 0 Å². The molecule has 11 heteroatoms. The number of aromatic nitrogens is 1. The van der Waals surface area contributed by atoms with Gasteiger partial charge in [-0.25, -0.2) is 0 Å². The number of allylic oxidation sites excluding steroid dienone is 2. The van der Waals surface area contributed by atoms with Crippen LogP contribution in [-0.2, 0) is 12.8 Å². The number of nitrogens with zero attached hydrogens (tertiary/aromatic N) is 3. The van der Waals surface area contributed by atoms with E-state index in [0.29, 0.717) is 23.5 Å². The number of benzene rings is 1. The Morgan fingerprint density at radius 3 is 2.61 bits per heavy atom. The molecule has 2 aromatic rings. The summed E-state index contributed by atoms with van der Waals surface area (Å²) in [7, 11) is 1.49. The van der Waals surface area contributed by atoms with Crippen LogP contribution in [0.25, 0.3) is 0 Å². The molecule has 1 aliphatic rings. The second kappa shape index (κ2) is 10.4. The molecule has 0 aliphatic carbocycles. The minimum Gasteiger partial charge on any atom is -0.493 e. The van der Waals surface area contributed by atoms with E-state index in [1.165, 1.54) is 13.2 Å². The lowest BCUT2D eigenvalue weighted by Gasteiger charge is -2.31. The van der Waals surface area contributed by atoms with Gasteiger partial charge in [0, 0.05) is 27.6 Å². The van der Waals surface area contributed by atoms with E-state index in [1.807, 2.05) is 24.1 Å². The molecule has 33 heavy (non-hydrogen) atoms. The largest absolute Gasteiger partial charge is 0.493 e. The number of ether oxygens (including phenoxy) is 2. The summed E-state index contributed by atoms with van der Waals surface area (Å²) in [6, 6.07) is 7.47. The minimum absolute atomic E-state index is 0.0160. The first kappa shape index (κ1) is 24.8. The lowest BCUT2D eigenvalue weighted by molar-refractivity contribution is -0.428. The summed E-state index contributed by atoms with van der Waals surface area (Å²) in [5.41, 5.74) is 0.531. The van der Waals surface area contributed by atoms with Crippen LogP contribution in [0.4, 0.5) is 13.2 Å². The fourth-order valence-corrected chi connectivity index (χ4v) is 4.17. The Labute approximate surface area is 202 Å². The predicted octanol–water partition coefficient (Wildman–Crippen LogP) is 5.89. The van der Waals surface area contributed by atoms with Crippen molar-refractivity contribution in [1.29, 1.82) is 0 Å². The Morgan fingerprint density at radius 2 is 2.03 bits per heavy atom. The Hall–Kier alpha value is -2.83. The molecular formula is C22H21F3IN3O4. The van der Waals surface area contributed by atoms with E-state index in [0.717, 1.165) is 21.4 Å². The maximum Gasteiger partial charge on any atom is 0.433 e. The summed E-state index contributed by atoms with van der Waals surface area (Å²) < 4.78 is 50.0. The fourth-order valence-electron chi connectivity index (χ4n) is 3.45. The third-order valence-corrected chi connectivity index (χ3v) is 5.63. The van der Waals surface area contributed by atoms with Crippen LogP contribution in [0.2, 0.25) is 0 Å². The van der Waals surface area contributed by atoms with Gasteiger partial charge >= 0.3 is 6.18 Å². The first-order chi connectivity index (χ1) is 15.6. The van der Waals surface area contributed by atoms with Gasteiger partial charge in [0.1, 0.15) is 18.8 Å². The van der Waals surface area contributed by atoms with Crippen LogP contribution in [0, 0.1) is 10.1 Å². The molecule has 2 heterocycles. The molecule has 0 saturated heterocycles. The van der Waals surface area contributed by atoms with Crippen molar-refractivity contribution < 1.29 is 27.6 Å². The first-order valence-corrected chi connectivity index (χ1v) is 11.0. The van der Waals surface area contributed by atoms with Crippen LogP contribution in [0.1, 0.15) is 36.2 Å². The first-order valence-electron chi connectivity index (χ1n) is 9.93. The lowest BCUT2D eigenvalue weighted by atomic mass is 10.0. The molecule has 0 fully saturated rings. The normalized spacial score (nSPS) is 14.9. The molecule has 0 radical (unpaired) electrons. The number of methoxy groups -OCH3 is 1. The number of hydrogen-bond donors (Lipinski definition) is 0. The van der Waals surface area contributed by atoms with E-state index >= 15 is 0 Å². The molecule has 176 valence electrons. The van der Waals surface area contributed by atoms with Gasteiger partial charge in [0.2, 0.25) is 0 Å². The Morgan fingerprint density at radius 1 is 1.27 bits per heavy atom. The summed E-state index contributed by atoms with van der Waals surface area (Å²) in [4.78, 5) is 16.3. The highest BCUT2D eigenvalue weighted by atomic mass is 127. The third kappa shape index (κ3) is 6.15. The summed E-state index contributed by atoms with van der Waals surface area (Å²) in [5.74, 6) is 0.872. The molecule has 3 rings (SSSR count). The summed E-state index contributed by atoms with van der Waals surface area (Å²) in [5, 5.41) is 11.3. The van der Waals surface area contributed by atoms with Crippen molar-refractivity contribution >= 4 is 22.6 Å². The van der Waals surface area contributed by atoms with Crippen molar-refractivity contribution in [3.05, 3.63) is 85.0 Å². The quantitative estimate of drug-likeness (QED) is 0.222. The van der Waals surface area contributed by atoms with Crippen molar-refractivity contribution in [1.82, 2.24) is 9.88 Å². The van der Waals surface area contributed by atoms with E-state index < -0.39 is 11.9 Å². The maximum absolute atomic E-state index is 12.7. The smallest absolute Gasteiger partial charge is 0.433 e. The monoisotopic (exact) mass is 575 g/mol. The van der Waals surface area contributed by atoms with Crippen LogP contribution in [0.5, 0.6) is 11.5 Å². The van der Waals surface area contributed by atoms with Gasteiger partial charge in [0.05, 0.1) is 18.1 Å². The molecule has 1 atom stereocenters. The zero-order valence-electron chi connectivity index (χ0n) is 17.8. The van der Waals surface area contributed by atoms with E-state index in [2.05, 4.69) is 27.6 Å². The summed E-state index contributed by atoms with van der Waals surface area (Å²) in [6.07, 6.45) is 0.771. The Bertz CT molecular complexity index is 1070. The van der Waals surface area contributed by atoms with Crippen molar-refractivity contribution in [2.75, 3.05) is 13.7 Å². The molecule has 0 bridgehead atoms. The van der Waals surface area contributed by atoms with Crippen LogP contribution in [-0.4, -0.2) is 28.5 Å². The molecule has 1 aliphatic heterocycles. The molecule has 7 nitrogen and oxygen atoms in total. The summed E-state index contributed by atoms with van der Waals surface area (Å²) in [6.45, 7) is 2.19. The van der Waals surface area contributed by atoms with Gasteiger partial charge < -0.3 is 14.4 Å². The van der Waals surface area contributed by atoms with Gasteiger partial charge in [-0.2, -0.15) is 13.2 Å². The van der Waals surface area contributed by atoms with Crippen molar-refractivity contribution in [3.63, 3.8) is 0 Å². The topological polar surface area (TPSA) is 77.7 Å². The van der Waals surface area contributed by atoms with Gasteiger partial charge in [-0.1, -0.05) is 19.1 Å². The highest BCUT2D eigenvalue weighted by Gasteiger charge is 2.32. The second-order valence-electron chi connectivity index (χ2n) is 7.25. The average Bonchev–Trinajstić information content (AvgIpc) is 2.77. The van der Waals surface area contributed by atoms with Crippen LogP contribution >= 0.6 is 22.6 Å².